The van der Waals surface area contributed by atoms with Gasteiger partial charge in [-0.1, -0.05) is 30.3 Å². The zero-order chi connectivity index (χ0) is 26.9. The topological polar surface area (TPSA) is 183 Å². The number of aliphatic carboxylic acids is 2. The molecule has 4 rings (SSSR count). The largest absolute Gasteiger partial charge is 0.507 e. The van der Waals surface area contributed by atoms with Crippen molar-refractivity contribution < 1.29 is 38.4 Å². The SMILES string of the molecule is N=C(N)c1ccc2nc(C3=CC(OC(F)F)(C(CC(=O)O)C(=O)O)CC(c4ccccc4)=C3O)[nH]c2c1. The Balaban J connectivity index is 1.99. The van der Waals surface area contributed by atoms with Crippen LogP contribution < -0.4 is 5.73 Å². The summed E-state index contributed by atoms with van der Waals surface area (Å²) in [6, 6.07) is 12.8. The first-order valence-corrected chi connectivity index (χ1v) is 11.0. The van der Waals surface area contributed by atoms with Crippen LogP contribution in [0.2, 0.25) is 0 Å². The summed E-state index contributed by atoms with van der Waals surface area (Å²) in [6.07, 6.45) is -0.571. The lowest BCUT2D eigenvalue weighted by molar-refractivity contribution is -0.213. The van der Waals surface area contributed by atoms with Crippen LogP contribution in [0.3, 0.4) is 0 Å². The number of ether oxygens (including phenoxy) is 1. The van der Waals surface area contributed by atoms with Crippen molar-refractivity contribution in [2.45, 2.75) is 25.1 Å². The van der Waals surface area contributed by atoms with Crippen molar-refractivity contribution in [2.75, 3.05) is 0 Å². The van der Waals surface area contributed by atoms with E-state index in [2.05, 4.69) is 9.97 Å². The molecule has 1 aromatic heterocycles. The lowest BCUT2D eigenvalue weighted by Gasteiger charge is -2.39. The summed E-state index contributed by atoms with van der Waals surface area (Å²) < 4.78 is 32.4. The molecule has 0 saturated heterocycles. The van der Waals surface area contributed by atoms with Gasteiger partial charge in [-0.25, -0.2) is 4.98 Å². The maximum absolute atomic E-state index is 13.7. The molecule has 7 N–H and O–H groups in total. The lowest BCUT2D eigenvalue weighted by Crippen LogP contribution is -2.47. The average Bonchev–Trinajstić information content (AvgIpc) is 3.27. The summed E-state index contributed by atoms with van der Waals surface area (Å²) in [5.74, 6) is -5.71. The number of benzene rings is 2. The second-order valence-corrected chi connectivity index (χ2v) is 8.48. The molecule has 0 amide bonds. The average molecular weight is 512 g/mol. The number of carbonyl (C=O) groups is 2. The van der Waals surface area contributed by atoms with Gasteiger partial charge in [0.15, 0.2) is 0 Å². The van der Waals surface area contributed by atoms with Crippen molar-refractivity contribution >= 4 is 40.0 Å². The van der Waals surface area contributed by atoms with Gasteiger partial charge in [0, 0.05) is 17.6 Å². The Morgan fingerprint density at radius 2 is 1.89 bits per heavy atom. The van der Waals surface area contributed by atoms with Crippen LogP contribution in [0.25, 0.3) is 22.2 Å². The van der Waals surface area contributed by atoms with E-state index in [1.165, 1.54) is 6.07 Å². The number of aromatic amines is 1. The first-order valence-electron chi connectivity index (χ1n) is 11.0. The quantitative estimate of drug-likeness (QED) is 0.185. The second kappa shape index (κ2) is 9.82. The molecule has 12 heteroatoms. The van der Waals surface area contributed by atoms with Gasteiger partial charge in [0.1, 0.15) is 28.9 Å². The minimum atomic E-state index is -3.46. The number of aromatic nitrogens is 2. The number of fused-ring (bicyclic) bond motifs is 1. The highest BCUT2D eigenvalue weighted by Gasteiger charge is 2.50. The molecular weight excluding hydrogens is 490 g/mol. The number of allylic oxidation sites excluding steroid dienone is 1. The van der Waals surface area contributed by atoms with Crippen LogP contribution in [0.15, 0.2) is 60.4 Å². The van der Waals surface area contributed by atoms with Crippen LogP contribution in [0, 0.1) is 11.3 Å². The summed E-state index contributed by atoms with van der Waals surface area (Å²) >= 11 is 0. The molecule has 1 aliphatic carbocycles. The first-order chi connectivity index (χ1) is 17.5. The fourth-order valence-electron chi connectivity index (χ4n) is 4.44. The molecular formula is C25H22F2N4O6. The lowest BCUT2D eigenvalue weighted by atomic mass is 9.73. The van der Waals surface area contributed by atoms with Gasteiger partial charge >= 0.3 is 18.6 Å². The molecule has 0 fully saturated rings. The minimum absolute atomic E-state index is 0.0111. The van der Waals surface area contributed by atoms with E-state index in [-0.39, 0.29) is 28.6 Å². The van der Waals surface area contributed by atoms with Crippen LogP contribution in [-0.2, 0) is 14.3 Å². The Labute approximate surface area is 208 Å². The normalized spacial score (nSPS) is 18.6. The van der Waals surface area contributed by atoms with Crippen molar-refractivity contribution in [3.8, 4) is 0 Å². The first kappa shape index (κ1) is 25.5. The molecule has 1 heterocycles. The highest BCUT2D eigenvalue weighted by Crippen LogP contribution is 2.46. The summed E-state index contributed by atoms with van der Waals surface area (Å²) in [5, 5.41) is 38.1. The number of aliphatic hydroxyl groups is 1. The molecule has 1 aliphatic rings. The number of nitrogens with two attached hydrogens (primary N) is 1. The molecule has 0 saturated carbocycles. The summed E-state index contributed by atoms with van der Waals surface area (Å²) in [5.41, 5.74) is 4.68. The number of amidine groups is 1. The van der Waals surface area contributed by atoms with E-state index in [9.17, 15) is 33.7 Å². The third kappa shape index (κ3) is 5.05. The molecule has 0 aliphatic heterocycles. The molecule has 192 valence electrons. The maximum Gasteiger partial charge on any atom is 0.346 e. The van der Waals surface area contributed by atoms with E-state index in [1.54, 1.807) is 42.5 Å². The minimum Gasteiger partial charge on any atom is -0.507 e. The summed E-state index contributed by atoms with van der Waals surface area (Å²) in [6.45, 7) is -3.46. The number of aliphatic hydroxyl groups excluding tert-OH is 1. The van der Waals surface area contributed by atoms with Gasteiger partial charge in [-0.2, -0.15) is 8.78 Å². The number of alkyl halides is 2. The second-order valence-electron chi connectivity index (χ2n) is 8.48. The zero-order valence-corrected chi connectivity index (χ0v) is 19.1. The molecule has 2 unspecified atom stereocenters. The molecule has 3 aromatic rings. The Hall–Kier alpha value is -4.58. The monoisotopic (exact) mass is 512 g/mol. The van der Waals surface area contributed by atoms with Gasteiger partial charge in [-0.05, 0) is 29.8 Å². The van der Waals surface area contributed by atoms with E-state index in [0.717, 1.165) is 6.08 Å². The smallest absolute Gasteiger partial charge is 0.346 e. The number of H-pyrrole nitrogens is 1. The molecule has 10 nitrogen and oxygen atoms in total. The molecule has 2 atom stereocenters. The fourth-order valence-corrected chi connectivity index (χ4v) is 4.44. The van der Waals surface area contributed by atoms with E-state index in [1.807, 2.05) is 0 Å². The molecule has 37 heavy (non-hydrogen) atoms. The number of nitrogens with one attached hydrogen (secondary N) is 2. The number of hydrogen-bond acceptors (Lipinski definition) is 6. The Morgan fingerprint density at radius 3 is 2.49 bits per heavy atom. The van der Waals surface area contributed by atoms with Crippen LogP contribution in [0.4, 0.5) is 8.78 Å². The van der Waals surface area contributed by atoms with Crippen molar-refractivity contribution in [3.05, 3.63) is 77.3 Å². The van der Waals surface area contributed by atoms with Crippen molar-refractivity contribution in [1.82, 2.24) is 9.97 Å². The summed E-state index contributed by atoms with van der Waals surface area (Å²) in [7, 11) is 0. The highest BCUT2D eigenvalue weighted by molar-refractivity contribution is 5.98. The van der Waals surface area contributed by atoms with Gasteiger partial charge in [0.25, 0.3) is 0 Å². The van der Waals surface area contributed by atoms with Gasteiger partial charge in [0.2, 0.25) is 0 Å². The van der Waals surface area contributed by atoms with Crippen molar-refractivity contribution in [3.63, 3.8) is 0 Å². The van der Waals surface area contributed by atoms with Gasteiger partial charge < -0.3 is 30.8 Å². The van der Waals surface area contributed by atoms with Crippen LogP contribution in [-0.4, -0.2) is 55.3 Å². The third-order valence-corrected chi connectivity index (χ3v) is 6.13. The molecule has 0 radical (unpaired) electrons. The van der Waals surface area contributed by atoms with Gasteiger partial charge in [-0.3, -0.25) is 15.0 Å². The Kier molecular flexibility index (Phi) is 6.77. The van der Waals surface area contributed by atoms with Gasteiger partial charge in [-0.15, -0.1) is 0 Å². The number of carboxylic acid groups (broad SMARTS) is 2. The fraction of sp³-hybridized carbons (Fsp3) is 0.200. The van der Waals surface area contributed by atoms with Crippen molar-refractivity contribution in [1.29, 1.82) is 5.41 Å². The molecule has 0 spiro atoms. The number of halogens is 2. The Morgan fingerprint density at radius 1 is 1.19 bits per heavy atom. The van der Waals surface area contributed by atoms with Crippen LogP contribution >= 0.6 is 0 Å². The van der Waals surface area contributed by atoms with Gasteiger partial charge in [0.05, 0.1) is 23.0 Å². The van der Waals surface area contributed by atoms with E-state index >= 15 is 0 Å². The third-order valence-electron chi connectivity index (χ3n) is 6.13. The predicted molar refractivity (Wildman–Crippen MR) is 129 cm³/mol. The van der Waals surface area contributed by atoms with E-state index in [0.29, 0.717) is 22.2 Å². The number of nitrogen functional groups attached to an aromatic ring is 1. The van der Waals surface area contributed by atoms with E-state index in [4.69, 9.17) is 15.9 Å². The Bertz CT molecular complexity index is 1450. The predicted octanol–water partition coefficient (Wildman–Crippen LogP) is 3.76. The number of nitrogens with zero attached hydrogens (tertiary/aromatic N) is 1. The van der Waals surface area contributed by atoms with E-state index < -0.39 is 42.9 Å². The molecule has 0 bridgehead atoms. The number of rotatable bonds is 9. The molecule has 2 aromatic carbocycles. The summed E-state index contributed by atoms with van der Waals surface area (Å²) in [4.78, 5) is 31.0. The van der Waals surface area contributed by atoms with Crippen molar-refractivity contribution in [2.24, 2.45) is 11.7 Å². The van der Waals surface area contributed by atoms with Crippen LogP contribution in [0.1, 0.15) is 29.8 Å². The number of carboxylic acids is 2. The zero-order valence-electron chi connectivity index (χ0n) is 19.1. The van der Waals surface area contributed by atoms with Crippen LogP contribution in [0.5, 0.6) is 0 Å². The number of imidazole rings is 1. The number of hydrogen-bond donors (Lipinski definition) is 6. The standard InChI is InChI=1S/C25H22F2N4O6/c26-24(27)37-25(16(23(35)36)9-19(32)33)10-14(12-4-2-1-3-5-12)20(34)15(11-25)22-30-17-7-6-13(21(28)29)8-18(17)31-22/h1-8,11,16,24,34H,9-10H2,(H3,28,29)(H,30,31)(H,32,33)(H,35,36). The highest BCUT2D eigenvalue weighted by atomic mass is 19.3. The maximum atomic E-state index is 13.7.